The van der Waals surface area contributed by atoms with Gasteiger partial charge in [-0.05, 0) is 50.1 Å². The summed E-state index contributed by atoms with van der Waals surface area (Å²) in [5.74, 6) is -3.91. The Bertz CT molecular complexity index is 1060. The van der Waals surface area contributed by atoms with Crippen LogP contribution in [0.1, 0.15) is 41.8 Å². The van der Waals surface area contributed by atoms with Gasteiger partial charge < -0.3 is 19.5 Å². The molecule has 0 saturated carbocycles. The fourth-order valence-electron chi connectivity index (χ4n) is 3.66. The number of hydrogen-bond donors (Lipinski definition) is 1. The molecule has 9 heteroatoms. The molecule has 1 fully saturated rings. The monoisotopic (exact) mass is 551 g/mol. The van der Waals surface area contributed by atoms with Crippen molar-refractivity contribution in [2.24, 2.45) is 0 Å². The predicted octanol–water partition coefficient (Wildman–Crippen LogP) is 5.48. The molecule has 1 N–H and O–H groups in total. The second kappa shape index (κ2) is 11.8. The second-order valence-corrected chi connectivity index (χ2v) is 9.44. The third-order valence-corrected chi connectivity index (χ3v) is 6.04. The van der Waals surface area contributed by atoms with Gasteiger partial charge >= 0.3 is 18.0 Å². The minimum absolute atomic E-state index is 0.162. The molecule has 2 atom stereocenters. The maximum absolute atomic E-state index is 14.7. The third-order valence-electron chi connectivity index (χ3n) is 5.54. The van der Waals surface area contributed by atoms with E-state index >= 15 is 0 Å². The number of ether oxygens (including phenoxy) is 2. The van der Waals surface area contributed by atoms with Crippen molar-refractivity contribution in [3.63, 3.8) is 0 Å². The van der Waals surface area contributed by atoms with E-state index in [1.807, 2.05) is 0 Å². The van der Waals surface area contributed by atoms with E-state index in [1.165, 1.54) is 29.2 Å². The molecule has 0 radical (unpaired) electrons. The van der Waals surface area contributed by atoms with Crippen molar-refractivity contribution >= 4 is 28.0 Å². The molecule has 1 heterocycles. The highest BCUT2D eigenvalue weighted by Crippen LogP contribution is 2.34. The Labute approximate surface area is 211 Å². The zero-order valence-electron chi connectivity index (χ0n) is 19.5. The first kappa shape index (κ1) is 26.8. The zero-order chi connectivity index (χ0) is 25.6. The molecule has 1 aliphatic heterocycles. The van der Waals surface area contributed by atoms with E-state index < -0.39 is 30.1 Å². The normalized spacial score (nSPS) is 17.5. The molecule has 0 spiro atoms. The van der Waals surface area contributed by atoms with Gasteiger partial charge in [-0.15, -0.1) is 0 Å². The van der Waals surface area contributed by atoms with Gasteiger partial charge in [-0.2, -0.15) is 8.78 Å². The molecule has 35 heavy (non-hydrogen) atoms. The Morgan fingerprint density at radius 1 is 1.29 bits per heavy atom. The van der Waals surface area contributed by atoms with Gasteiger partial charge in [0.2, 0.25) is 0 Å². The van der Waals surface area contributed by atoms with Crippen LogP contribution < -0.4 is 0 Å². The largest absolute Gasteiger partial charge is 0.459 e. The lowest BCUT2D eigenvalue weighted by molar-refractivity contribution is -0.0930. The lowest BCUT2D eigenvalue weighted by Gasteiger charge is -2.33. The minimum Gasteiger partial charge on any atom is -0.459 e. The van der Waals surface area contributed by atoms with E-state index in [2.05, 4.69) is 15.9 Å². The molecule has 1 amide bonds. The quantitative estimate of drug-likeness (QED) is 0.330. The molecule has 0 aromatic heterocycles. The van der Waals surface area contributed by atoms with Crippen LogP contribution >= 0.6 is 15.9 Å². The topological polar surface area (TPSA) is 76.1 Å². The highest BCUT2D eigenvalue weighted by atomic mass is 79.9. The van der Waals surface area contributed by atoms with Gasteiger partial charge in [-0.3, -0.25) is 0 Å². The molecule has 2 aromatic carbocycles. The summed E-state index contributed by atoms with van der Waals surface area (Å²) in [7, 11) is 0. The van der Waals surface area contributed by atoms with Crippen LogP contribution in [0.3, 0.4) is 0 Å². The number of aliphatic hydroxyl groups excluding tert-OH is 1. The first-order valence-electron chi connectivity index (χ1n) is 11.3. The molecule has 188 valence electrons. The number of aliphatic hydroxyl groups is 1. The van der Waals surface area contributed by atoms with Crippen LogP contribution in [0.5, 0.6) is 0 Å². The van der Waals surface area contributed by atoms with Gasteiger partial charge in [0.15, 0.2) is 0 Å². The van der Waals surface area contributed by atoms with Crippen molar-refractivity contribution in [1.29, 1.82) is 0 Å². The highest BCUT2D eigenvalue weighted by molar-refractivity contribution is 9.10. The number of cyclic esters (lactones) is 1. The maximum atomic E-state index is 14.7. The molecule has 0 aliphatic carbocycles. The first-order chi connectivity index (χ1) is 16.6. The van der Waals surface area contributed by atoms with Crippen LogP contribution in [0.4, 0.5) is 13.6 Å². The molecule has 1 aliphatic rings. The zero-order valence-corrected chi connectivity index (χ0v) is 21.1. The van der Waals surface area contributed by atoms with Gasteiger partial charge in [0.25, 0.3) is 0 Å². The van der Waals surface area contributed by atoms with Crippen LogP contribution in [0.2, 0.25) is 0 Å². The summed E-state index contributed by atoms with van der Waals surface area (Å²) in [6.07, 6.45) is 0.526. The standard InChI is InChI=1S/C26H28BrF2NO5/c1-17(2)35-24(32)19-8-6-18(7-9-19)12-14-30-22(13-15-34-25(30)33)10-11-23(31)26(28,29)20-4-3-5-21(27)16-20/h3-11,16-17,22-23,31H,12-15H2,1-2H3/t22-,23?/m0/s1. The fraction of sp³-hybridized carbons (Fsp3) is 0.385. The van der Waals surface area contributed by atoms with Crippen molar-refractivity contribution in [2.75, 3.05) is 13.2 Å². The van der Waals surface area contributed by atoms with Crippen molar-refractivity contribution in [3.05, 3.63) is 81.8 Å². The Hall–Kier alpha value is -2.78. The number of esters is 1. The van der Waals surface area contributed by atoms with E-state index in [1.54, 1.807) is 44.2 Å². The first-order valence-corrected chi connectivity index (χ1v) is 12.1. The summed E-state index contributed by atoms with van der Waals surface area (Å²) in [5.41, 5.74) is 0.999. The smallest absolute Gasteiger partial charge is 0.410 e. The van der Waals surface area contributed by atoms with Crippen molar-refractivity contribution in [3.8, 4) is 0 Å². The Balaban J connectivity index is 1.65. The van der Waals surface area contributed by atoms with Gasteiger partial charge in [-0.1, -0.05) is 52.3 Å². The summed E-state index contributed by atoms with van der Waals surface area (Å²) in [4.78, 5) is 25.8. The van der Waals surface area contributed by atoms with E-state index in [-0.39, 0.29) is 24.8 Å². The van der Waals surface area contributed by atoms with E-state index in [9.17, 15) is 23.5 Å². The molecule has 1 unspecified atom stereocenters. The second-order valence-electron chi connectivity index (χ2n) is 8.53. The number of rotatable bonds is 9. The van der Waals surface area contributed by atoms with Gasteiger partial charge in [0.1, 0.15) is 6.10 Å². The average molecular weight is 552 g/mol. The summed E-state index contributed by atoms with van der Waals surface area (Å²) >= 11 is 3.16. The fourth-order valence-corrected chi connectivity index (χ4v) is 4.06. The van der Waals surface area contributed by atoms with Crippen LogP contribution in [0, 0.1) is 0 Å². The Morgan fingerprint density at radius 2 is 2.00 bits per heavy atom. The lowest BCUT2D eigenvalue weighted by atomic mass is 10.0. The molecule has 2 aromatic rings. The number of halogens is 3. The number of alkyl halides is 2. The van der Waals surface area contributed by atoms with E-state index in [0.29, 0.717) is 22.9 Å². The lowest BCUT2D eigenvalue weighted by Crippen LogP contribution is -2.45. The molecule has 0 bridgehead atoms. The average Bonchev–Trinajstić information content (AvgIpc) is 2.81. The van der Waals surface area contributed by atoms with Crippen LogP contribution in [-0.2, 0) is 21.8 Å². The van der Waals surface area contributed by atoms with Gasteiger partial charge in [0, 0.05) is 23.0 Å². The van der Waals surface area contributed by atoms with Crippen molar-refractivity contribution in [1.82, 2.24) is 4.90 Å². The number of amides is 1. The van der Waals surface area contributed by atoms with Gasteiger partial charge in [0.05, 0.1) is 24.3 Å². The number of nitrogens with zero attached hydrogens (tertiary/aromatic N) is 1. The van der Waals surface area contributed by atoms with Crippen LogP contribution in [0.25, 0.3) is 0 Å². The summed E-state index contributed by atoms with van der Waals surface area (Å²) in [5, 5.41) is 10.2. The van der Waals surface area contributed by atoms with Crippen molar-refractivity contribution < 1.29 is 33.0 Å². The molecule has 6 nitrogen and oxygen atoms in total. The number of hydrogen-bond acceptors (Lipinski definition) is 5. The van der Waals surface area contributed by atoms with E-state index in [4.69, 9.17) is 9.47 Å². The number of carbonyl (C=O) groups is 2. The minimum atomic E-state index is -3.50. The SMILES string of the molecule is CC(C)OC(=O)c1ccc(CCN2C(=O)OCC[C@@H]2C=CC(O)C(F)(F)c2cccc(Br)c2)cc1. The van der Waals surface area contributed by atoms with Crippen molar-refractivity contribution in [2.45, 2.75) is 50.9 Å². The Kier molecular flexibility index (Phi) is 9.02. The summed E-state index contributed by atoms with van der Waals surface area (Å²) in [6, 6.07) is 12.0. The number of benzene rings is 2. The molecule has 3 rings (SSSR count). The summed E-state index contributed by atoms with van der Waals surface area (Å²) in [6.45, 7) is 3.99. The molecule has 1 saturated heterocycles. The van der Waals surface area contributed by atoms with E-state index in [0.717, 1.165) is 11.6 Å². The predicted molar refractivity (Wildman–Crippen MR) is 130 cm³/mol. The maximum Gasteiger partial charge on any atom is 0.410 e. The molecular formula is C26H28BrF2NO5. The molecular weight excluding hydrogens is 524 g/mol. The number of carbonyl (C=O) groups excluding carboxylic acids is 2. The highest BCUT2D eigenvalue weighted by Gasteiger charge is 2.39. The third kappa shape index (κ3) is 7.11. The Morgan fingerprint density at radius 3 is 2.66 bits per heavy atom. The van der Waals surface area contributed by atoms with Crippen LogP contribution in [0.15, 0.2) is 65.2 Å². The van der Waals surface area contributed by atoms with Gasteiger partial charge in [-0.25, -0.2) is 9.59 Å². The summed E-state index contributed by atoms with van der Waals surface area (Å²) < 4.78 is 40.2. The van der Waals surface area contributed by atoms with Crippen LogP contribution in [-0.4, -0.2) is 53.5 Å².